The van der Waals surface area contributed by atoms with E-state index in [-0.39, 0.29) is 0 Å². The van der Waals surface area contributed by atoms with Crippen LogP contribution in [0.25, 0.3) is 0 Å². The minimum Gasteiger partial charge on any atom is -0.354 e. The second kappa shape index (κ2) is 12.4. The van der Waals surface area contributed by atoms with Crippen LogP contribution in [0.2, 0.25) is 10.0 Å². The first-order chi connectivity index (χ1) is 16.6. The molecule has 0 aliphatic carbocycles. The predicted octanol–water partition coefficient (Wildman–Crippen LogP) is 7.32. The van der Waals surface area contributed by atoms with Crippen LogP contribution in [0.3, 0.4) is 0 Å². The van der Waals surface area contributed by atoms with Crippen LogP contribution in [0.5, 0.6) is 0 Å². The molecule has 4 rings (SSSR count). The van der Waals surface area contributed by atoms with Crippen LogP contribution in [0.15, 0.2) is 108 Å². The molecule has 0 saturated carbocycles. The van der Waals surface area contributed by atoms with E-state index in [0.717, 1.165) is 45.2 Å². The maximum absolute atomic E-state index is 5.93. The molecule has 0 N–H and O–H groups in total. The minimum atomic E-state index is 0.725. The normalized spacial score (nSPS) is 10.8. The summed E-state index contributed by atoms with van der Waals surface area (Å²) in [6.45, 7) is 2.05. The zero-order valence-electron chi connectivity index (χ0n) is 19.0. The number of pyridine rings is 2. The monoisotopic (exact) mass is 490 g/mol. The third-order valence-electron chi connectivity index (χ3n) is 5.50. The number of rotatable bonds is 9. The molecular formula is C28H28Cl2N4. The van der Waals surface area contributed by atoms with E-state index in [4.69, 9.17) is 23.2 Å². The van der Waals surface area contributed by atoms with Crippen molar-refractivity contribution in [2.75, 3.05) is 0 Å². The smallest absolute Gasteiger partial charge is 0.0666 e. The Labute approximate surface area is 210 Å². The van der Waals surface area contributed by atoms with Gasteiger partial charge in [-0.1, -0.05) is 36.0 Å². The van der Waals surface area contributed by atoms with E-state index in [9.17, 15) is 0 Å². The molecule has 0 spiro atoms. The van der Waals surface area contributed by atoms with Crippen molar-refractivity contribution in [1.82, 2.24) is 9.13 Å². The average Bonchev–Trinajstić information content (AvgIpc) is 2.86. The van der Waals surface area contributed by atoms with Crippen LogP contribution in [0, 0.1) is 0 Å². The SMILES string of the molecule is Clc1ccc(N=c2ccn(CCCCCCn3ccc(=Nc4ccc(Cl)cc4)cc3)cc2)cc1. The van der Waals surface area contributed by atoms with Crippen molar-refractivity contribution in [3.8, 4) is 0 Å². The van der Waals surface area contributed by atoms with E-state index in [1.807, 2.05) is 72.8 Å². The number of benzene rings is 2. The van der Waals surface area contributed by atoms with Crippen LogP contribution >= 0.6 is 23.2 Å². The number of hydrogen-bond acceptors (Lipinski definition) is 2. The Kier molecular flexibility index (Phi) is 8.78. The fourth-order valence-electron chi connectivity index (χ4n) is 3.62. The highest BCUT2D eigenvalue weighted by Crippen LogP contribution is 2.16. The summed E-state index contributed by atoms with van der Waals surface area (Å²) in [5.41, 5.74) is 1.82. The second-order valence-corrected chi connectivity index (χ2v) is 9.05. The molecule has 0 unspecified atom stereocenters. The molecule has 0 aliphatic heterocycles. The molecule has 4 aromatic rings. The first-order valence-electron chi connectivity index (χ1n) is 11.6. The van der Waals surface area contributed by atoms with Gasteiger partial charge in [0.1, 0.15) is 0 Å². The second-order valence-electron chi connectivity index (χ2n) is 8.18. The van der Waals surface area contributed by atoms with Crippen LogP contribution in [0.1, 0.15) is 25.7 Å². The van der Waals surface area contributed by atoms with E-state index < -0.39 is 0 Å². The Hall–Kier alpha value is -3.08. The van der Waals surface area contributed by atoms with Gasteiger partial charge in [0.25, 0.3) is 0 Å². The maximum atomic E-state index is 5.93. The van der Waals surface area contributed by atoms with Gasteiger partial charge in [-0.15, -0.1) is 0 Å². The largest absolute Gasteiger partial charge is 0.354 e. The Morgan fingerprint density at radius 3 is 1.18 bits per heavy atom. The summed E-state index contributed by atoms with van der Waals surface area (Å²) in [6, 6.07) is 23.3. The first kappa shape index (κ1) is 24.1. The molecule has 4 nitrogen and oxygen atoms in total. The fourth-order valence-corrected chi connectivity index (χ4v) is 3.87. The summed E-state index contributed by atoms with van der Waals surface area (Å²) in [5.74, 6) is 0. The molecule has 2 aromatic carbocycles. The van der Waals surface area contributed by atoms with Crippen LogP contribution in [-0.2, 0) is 13.1 Å². The Morgan fingerprint density at radius 2 is 0.824 bits per heavy atom. The summed E-state index contributed by atoms with van der Waals surface area (Å²) >= 11 is 11.9. The van der Waals surface area contributed by atoms with Crippen molar-refractivity contribution >= 4 is 34.6 Å². The minimum absolute atomic E-state index is 0.725. The Balaban J connectivity index is 1.16. The van der Waals surface area contributed by atoms with Gasteiger partial charge in [-0.05, 0) is 85.6 Å². The fraction of sp³-hybridized carbons (Fsp3) is 0.214. The molecule has 0 radical (unpaired) electrons. The molecular weight excluding hydrogens is 463 g/mol. The number of unbranched alkanes of at least 4 members (excludes halogenated alkanes) is 3. The predicted molar refractivity (Wildman–Crippen MR) is 141 cm³/mol. The van der Waals surface area contributed by atoms with Crippen molar-refractivity contribution in [2.24, 2.45) is 9.98 Å². The Bertz CT molecular complexity index is 1170. The van der Waals surface area contributed by atoms with Gasteiger partial charge < -0.3 is 9.13 Å². The highest BCUT2D eigenvalue weighted by Gasteiger charge is 1.95. The van der Waals surface area contributed by atoms with E-state index >= 15 is 0 Å². The van der Waals surface area contributed by atoms with Crippen LogP contribution in [0.4, 0.5) is 11.4 Å². The van der Waals surface area contributed by atoms with Crippen molar-refractivity contribution in [3.63, 3.8) is 0 Å². The van der Waals surface area contributed by atoms with E-state index in [2.05, 4.69) is 43.9 Å². The third kappa shape index (κ3) is 7.75. The van der Waals surface area contributed by atoms with E-state index in [1.54, 1.807) is 0 Å². The number of hydrogen-bond donors (Lipinski definition) is 0. The summed E-state index contributed by atoms with van der Waals surface area (Å²) < 4.78 is 4.44. The Morgan fingerprint density at radius 1 is 0.471 bits per heavy atom. The summed E-state index contributed by atoms with van der Waals surface area (Å²) in [5, 5.41) is 3.34. The van der Waals surface area contributed by atoms with Crippen molar-refractivity contribution in [2.45, 2.75) is 38.8 Å². The lowest BCUT2D eigenvalue weighted by molar-refractivity contribution is 0.537. The molecule has 0 fully saturated rings. The summed E-state index contributed by atoms with van der Waals surface area (Å²) in [7, 11) is 0. The van der Waals surface area contributed by atoms with Gasteiger partial charge in [-0.3, -0.25) is 0 Å². The molecule has 0 aliphatic rings. The number of aryl methyl sites for hydroxylation is 2. The average molecular weight is 491 g/mol. The first-order valence-corrected chi connectivity index (χ1v) is 12.3. The molecule has 0 saturated heterocycles. The number of nitrogens with zero attached hydrogens (tertiary/aromatic N) is 4. The molecule has 2 heterocycles. The quantitative estimate of drug-likeness (QED) is 0.220. The molecule has 0 amide bonds. The van der Waals surface area contributed by atoms with Crippen molar-refractivity contribution in [3.05, 3.63) is 118 Å². The third-order valence-corrected chi connectivity index (χ3v) is 6.00. The molecule has 2 aromatic heterocycles. The maximum Gasteiger partial charge on any atom is 0.0666 e. The van der Waals surface area contributed by atoms with Crippen molar-refractivity contribution in [1.29, 1.82) is 0 Å². The highest BCUT2D eigenvalue weighted by molar-refractivity contribution is 6.30. The van der Waals surface area contributed by atoms with Crippen LogP contribution in [-0.4, -0.2) is 9.13 Å². The zero-order valence-corrected chi connectivity index (χ0v) is 20.5. The molecule has 0 atom stereocenters. The van der Waals surface area contributed by atoms with Gasteiger partial charge in [-0.2, -0.15) is 0 Å². The van der Waals surface area contributed by atoms with Gasteiger partial charge in [0.05, 0.1) is 22.1 Å². The zero-order chi connectivity index (χ0) is 23.6. The van der Waals surface area contributed by atoms with Crippen LogP contribution < -0.4 is 10.7 Å². The molecule has 0 bridgehead atoms. The van der Waals surface area contributed by atoms with E-state index in [1.165, 1.54) is 25.7 Å². The lowest BCUT2D eigenvalue weighted by Gasteiger charge is -2.08. The molecule has 34 heavy (non-hydrogen) atoms. The lowest BCUT2D eigenvalue weighted by Crippen LogP contribution is -2.06. The van der Waals surface area contributed by atoms with Crippen molar-refractivity contribution < 1.29 is 0 Å². The van der Waals surface area contributed by atoms with Gasteiger partial charge in [0, 0.05) is 47.9 Å². The molecule has 6 heteroatoms. The van der Waals surface area contributed by atoms with Gasteiger partial charge in [0.2, 0.25) is 0 Å². The summed E-state index contributed by atoms with van der Waals surface area (Å²) in [6.07, 6.45) is 13.2. The van der Waals surface area contributed by atoms with Gasteiger partial charge in [0.15, 0.2) is 0 Å². The standard InChI is InChI=1S/C28H28Cl2N4/c29-23-5-9-25(10-6-23)31-27-13-19-33(20-14-27)17-3-1-2-4-18-34-21-15-28(16-22-34)32-26-11-7-24(30)8-12-26/h5-16,19-22H,1-4,17-18H2. The lowest BCUT2D eigenvalue weighted by atomic mass is 10.2. The van der Waals surface area contributed by atoms with E-state index in [0.29, 0.717) is 0 Å². The highest BCUT2D eigenvalue weighted by atomic mass is 35.5. The molecule has 174 valence electrons. The number of halogens is 2. The summed E-state index contributed by atoms with van der Waals surface area (Å²) in [4.78, 5) is 9.23. The van der Waals surface area contributed by atoms with Gasteiger partial charge >= 0.3 is 0 Å². The topological polar surface area (TPSA) is 34.6 Å². The number of aromatic nitrogens is 2. The van der Waals surface area contributed by atoms with Gasteiger partial charge in [-0.25, -0.2) is 9.98 Å².